The first-order chi connectivity index (χ1) is 5.27. The van der Waals surface area contributed by atoms with Crippen LogP contribution in [-0.2, 0) is 0 Å². The monoisotopic (exact) mass is 162 g/mol. The zero-order chi connectivity index (χ0) is 7.84. The van der Waals surface area contributed by atoms with Crippen LogP contribution in [0.25, 0.3) is 10.2 Å². The lowest BCUT2D eigenvalue weighted by atomic mass is 10.2. The van der Waals surface area contributed by atoms with Gasteiger partial charge in [-0.2, -0.15) is 0 Å². The van der Waals surface area contributed by atoms with Gasteiger partial charge >= 0.3 is 0 Å². The second kappa shape index (κ2) is 2.20. The van der Waals surface area contributed by atoms with Crippen molar-refractivity contribution in [1.82, 2.24) is 4.98 Å². The largest absolute Gasteiger partial charge is 0.375 e. The van der Waals surface area contributed by atoms with Gasteiger partial charge in [0.15, 0.2) is 5.13 Å². The number of benzene rings is 1. The van der Waals surface area contributed by atoms with E-state index in [0.29, 0.717) is 10.7 Å². The van der Waals surface area contributed by atoms with Crippen LogP contribution in [0, 0.1) is 6.92 Å². The average molecular weight is 162 g/mol. The van der Waals surface area contributed by atoms with Gasteiger partial charge in [-0.05, 0) is 11.6 Å². The number of fused-ring (bicyclic) bond motifs is 1. The Morgan fingerprint density at radius 1 is 1.45 bits per heavy atom. The molecule has 2 aromatic rings. The fourth-order valence-electron chi connectivity index (χ4n) is 0.987. The zero-order valence-corrected chi connectivity index (χ0v) is 6.56. The Balaban J connectivity index is 2.90. The van der Waals surface area contributed by atoms with Gasteiger partial charge in [0.05, 0.1) is 10.2 Å². The summed E-state index contributed by atoms with van der Waals surface area (Å²) in [5.41, 5.74) is 7.02. The third-order valence-corrected chi connectivity index (χ3v) is 2.32. The average Bonchev–Trinajstić information content (AvgIpc) is 2.31. The van der Waals surface area contributed by atoms with Gasteiger partial charge in [-0.1, -0.05) is 23.5 Å². The molecule has 11 heavy (non-hydrogen) atoms. The Kier molecular flexibility index (Phi) is 1.32. The Morgan fingerprint density at radius 2 is 2.27 bits per heavy atom. The van der Waals surface area contributed by atoms with E-state index in [2.05, 4.69) is 4.98 Å². The Hall–Kier alpha value is -1.09. The van der Waals surface area contributed by atoms with Crippen LogP contribution < -0.4 is 5.73 Å². The molecule has 0 atom stereocenters. The number of para-hydroxylation sites is 1. The minimum Gasteiger partial charge on any atom is -0.375 e. The molecule has 2 rings (SSSR count). The van der Waals surface area contributed by atoms with Crippen LogP contribution in [0.3, 0.4) is 0 Å². The SMILES string of the molecule is [CH]c1cccc2sc(N)nc12. The smallest absolute Gasteiger partial charge is 0.181 e. The van der Waals surface area contributed by atoms with Crippen molar-refractivity contribution in [1.29, 1.82) is 0 Å². The lowest BCUT2D eigenvalue weighted by molar-refractivity contribution is 1.48. The summed E-state index contributed by atoms with van der Waals surface area (Å²) in [6.45, 7) is 5.66. The number of anilines is 1. The maximum Gasteiger partial charge on any atom is 0.181 e. The highest BCUT2D eigenvalue weighted by Crippen LogP contribution is 2.25. The summed E-state index contributed by atoms with van der Waals surface area (Å²) < 4.78 is 1.04. The second-order valence-electron chi connectivity index (χ2n) is 2.25. The molecule has 3 heteroatoms. The molecule has 1 heterocycles. The molecule has 0 bridgehead atoms. The lowest BCUT2D eigenvalue weighted by Gasteiger charge is -1.89. The number of hydrogen-bond donors (Lipinski definition) is 1. The van der Waals surface area contributed by atoms with Crippen molar-refractivity contribution in [3.8, 4) is 0 Å². The van der Waals surface area contributed by atoms with E-state index in [1.165, 1.54) is 11.3 Å². The fourth-order valence-corrected chi connectivity index (χ4v) is 1.76. The first-order valence-corrected chi connectivity index (χ1v) is 3.99. The number of nitrogen functional groups attached to an aromatic ring is 1. The fraction of sp³-hybridized carbons (Fsp3) is 0. The van der Waals surface area contributed by atoms with Crippen molar-refractivity contribution < 1.29 is 0 Å². The predicted molar refractivity (Wildman–Crippen MR) is 47.4 cm³/mol. The van der Waals surface area contributed by atoms with E-state index in [0.717, 1.165) is 10.2 Å². The third-order valence-electron chi connectivity index (χ3n) is 1.47. The summed E-state index contributed by atoms with van der Waals surface area (Å²) >= 11 is 1.45. The first-order valence-electron chi connectivity index (χ1n) is 3.18. The van der Waals surface area contributed by atoms with E-state index in [1.54, 1.807) is 0 Å². The molecule has 0 amide bonds. The molecular formula is C8H6N2S. The summed E-state index contributed by atoms with van der Waals surface area (Å²) in [4.78, 5) is 4.08. The molecule has 0 saturated carbocycles. The summed E-state index contributed by atoms with van der Waals surface area (Å²) in [5, 5.41) is 0.568. The molecular weight excluding hydrogens is 156 g/mol. The molecule has 0 aliphatic rings. The molecule has 0 unspecified atom stereocenters. The highest BCUT2D eigenvalue weighted by atomic mass is 32.1. The summed E-state index contributed by atoms with van der Waals surface area (Å²) in [5.74, 6) is 0. The number of hydrogen-bond acceptors (Lipinski definition) is 3. The van der Waals surface area contributed by atoms with Crippen LogP contribution in [0.4, 0.5) is 5.13 Å². The van der Waals surface area contributed by atoms with E-state index in [4.69, 9.17) is 12.7 Å². The van der Waals surface area contributed by atoms with Gasteiger partial charge in [-0.3, -0.25) is 0 Å². The topological polar surface area (TPSA) is 38.9 Å². The maximum atomic E-state index is 5.66. The van der Waals surface area contributed by atoms with Gasteiger partial charge < -0.3 is 5.73 Å². The number of aromatic nitrogens is 1. The molecule has 0 aliphatic carbocycles. The van der Waals surface area contributed by atoms with E-state index in [1.807, 2.05) is 18.2 Å². The van der Waals surface area contributed by atoms with Crippen molar-refractivity contribution in [2.45, 2.75) is 0 Å². The minimum absolute atomic E-state index is 0.568. The third kappa shape index (κ3) is 0.973. The van der Waals surface area contributed by atoms with Gasteiger partial charge in [0.25, 0.3) is 0 Å². The van der Waals surface area contributed by atoms with Crippen molar-refractivity contribution in [3.63, 3.8) is 0 Å². The predicted octanol–water partition coefficient (Wildman–Crippen LogP) is 1.94. The van der Waals surface area contributed by atoms with Crippen molar-refractivity contribution in [2.24, 2.45) is 0 Å². The van der Waals surface area contributed by atoms with Gasteiger partial charge in [0.1, 0.15) is 0 Å². The Morgan fingerprint density at radius 3 is 3.00 bits per heavy atom. The van der Waals surface area contributed by atoms with E-state index < -0.39 is 0 Å². The van der Waals surface area contributed by atoms with Crippen LogP contribution in [0.5, 0.6) is 0 Å². The number of nitrogens with two attached hydrogens (primary N) is 1. The molecule has 2 radical (unpaired) electrons. The molecule has 54 valence electrons. The molecule has 2 N–H and O–H groups in total. The van der Waals surface area contributed by atoms with Crippen LogP contribution in [-0.4, -0.2) is 4.98 Å². The van der Waals surface area contributed by atoms with E-state index >= 15 is 0 Å². The highest BCUT2D eigenvalue weighted by molar-refractivity contribution is 7.22. The standard InChI is InChI=1S/C8H6N2S/c1-5-3-2-4-6-7(5)10-8(9)11-6/h1-4H,(H2,9,10). The number of thiazole rings is 1. The molecule has 0 saturated heterocycles. The maximum absolute atomic E-state index is 5.66. The van der Waals surface area contributed by atoms with Crippen LogP contribution >= 0.6 is 11.3 Å². The van der Waals surface area contributed by atoms with E-state index in [-0.39, 0.29) is 0 Å². The van der Waals surface area contributed by atoms with Crippen LogP contribution in [0.2, 0.25) is 0 Å². The minimum atomic E-state index is 0.568. The van der Waals surface area contributed by atoms with Gasteiger partial charge in [0, 0.05) is 6.92 Å². The van der Waals surface area contributed by atoms with Crippen molar-refractivity contribution in [2.75, 3.05) is 5.73 Å². The molecule has 0 spiro atoms. The molecule has 0 aliphatic heterocycles. The van der Waals surface area contributed by atoms with Gasteiger partial charge in [0.2, 0.25) is 0 Å². The number of rotatable bonds is 0. The quantitative estimate of drug-likeness (QED) is 0.643. The van der Waals surface area contributed by atoms with Gasteiger partial charge in [-0.15, -0.1) is 0 Å². The van der Waals surface area contributed by atoms with E-state index in [9.17, 15) is 0 Å². The molecule has 2 nitrogen and oxygen atoms in total. The molecule has 0 fully saturated rings. The summed E-state index contributed by atoms with van der Waals surface area (Å²) in [7, 11) is 0. The van der Waals surface area contributed by atoms with Crippen molar-refractivity contribution >= 4 is 26.7 Å². The molecule has 1 aromatic carbocycles. The zero-order valence-electron chi connectivity index (χ0n) is 5.74. The first kappa shape index (κ1) is 6.61. The normalized spacial score (nSPS) is 10.6. The Bertz CT molecular complexity index is 392. The van der Waals surface area contributed by atoms with Crippen molar-refractivity contribution in [3.05, 3.63) is 30.7 Å². The second-order valence-corrected chi connectivity index (χ2v) is 3.31. The highest BCUT2D eigenvalue weighted by Gasteiger charge is 2.01. The summed E-state index contributed by atoms with van der Waals surface area (Å²) in [6.07, 6.45) is 0. The number of nitrogens with zero attached hydrogens (tertiary/aromatic N) is 1. The molecule has 1 aromatic heterocycles. The summed E-state index contributed by atoms with van der Waals surface area (Å²) in [6, 6.07) is 5.68. The van der Waals surface area contributed by atoms with Crippen LogP contribution in [0.1, 0.15) is 5.56 Å². The Labute approximate surface area is 68.7 Å². The lowest BCUT2D eigenvalue weighted by Crippen LogP contribution is -1.80. The van der Waals surface area contributed by atoms with Gasteiger partial charge in [-0.25, -0.2) is 4.98 Å². The van der Waals surface area contributed by atoms with Crippen LogP contribution in [0.15, 0.2) is 18.2 Å².